The number of hydrogen-bond donors (Lipinski definition) is 3. The standard InChI is InChI=1S/C22H27N5O3.HI/c1-23-22(26-14-18-5-3-4-6-19(18)30-2)25-13-16-7-9-17(10-8-16)21(29)27-12-11-24-20(28)15-27;/h3-10H,11-15H2,1-2H3,(H,24,28)(H2,23,25,26);1H. The Bertz CT molecular complexity index is 918. The van der Waals surface area contributed by atoms with Gasteiger partial charge in [0.1, 0.15) is 5.75 Å². The van der Waals surface area contributed by atoms with E-state index < -0.39 is 0 Å². The van der Waals surface area contributed by atoms with Gasteiger partial charge in [-0.2, -0.15) is 0 Å². The van der Waals surface area contributed by atoms with Gasteiger partial charge in [-0.05, 0) is 23.8 Å². The third kappa shape index (κ3) is 6.84. The van der Waals surface area contributed by atoms with Crippen LogP contribution in [0.3, 0.4) is 0 Å². The second-order valence-electron chi connectivity index (χ2n) is 6.86. The van der Waals surface area contributed by atoms with Crippen LogP contribution in [0.15, 0.2) is 53.5 Å². The number of amides is 2. The van der Waals surface area contributed by atoms with Gasteiger partial charge in [0.2, 0.25) is 5.91 Å². The van der Waals surface area contributed by atoms with Gasteiger partial charge in [0, 0.05) is 44.4 Å². The van der Waals surface area contributed by atoms with Crippen LogP contribution < -0.4 is 20.7 Å². The minimum absolute atomic E-state index is 0. The quantitative estimate of drug-likeness (QED) is 0.297. The average Bonchev–Trinajstić information content (AvgIpc) is 2.79. The van der Waals surface area contributed by atoms with Crippen LogP contribution in [0.2, 0.25) is 0 Å². The van der Waals surface area contributed by atoms with Crippen LogP contribution in [0, 0.1) is 0 Å². The molecular weight excluding hydrogens is 509 g/mol. The number of rotatable bonds is 6. The van der Waals surface area contributed by atoms with Crippen molar-refractivity contribution in [1.29, 1.82) is 0 Å². The summed E-state index contributed by atoms with van der Waals surface area (Å²) in [5.41, 5.74) is 2.63. The number of hydrogen-bond acceptors (Lipinski definition) is 4. The van der Waals surface area contributed by atoms with Crippen LogP contribution in [-0.2, 0) is 17.9 Å². The van der Waals surface area contributed by atoms with Gasteiger partial charge in [-0.25, -0.2) is 0 Å². The summed E-state index contributed by atoms with van der Waals surface area (Å²) in [5.74, 6) is 1.24. The first-order chi connectivity index (χ1) is 14.6. The second kappa shape index (κ2) is 12.1. The molecule has 0 saturated carbocycles. The van der Waals surface area contributed by atoms with Crippen molar-refractivity contribution in [2.75, 3.05) is 33.8 Å². The molecule has 2 amide bonds. The van der Waals surface area contributed by atoms with Gasteiger partial charge in [0.05, 0.1) is 13.7 Å². The van der Waals surface area contributed by atoms with Crippen molar-refractivity contribution in [3.05, 3.63) is 65.2 Å². The summed E-state index contributed by atoms with van der Waals surface area (Å²) in [6, 6.07) is 15.2. The Balaban J connectivity index is 0.00000341. The fraction of sp³-hybridized carbons (Fsp3) is 0.318. The van der Waals surface area contributed by atoms with Crippen LogP contribution in [0.25, 0.3) is 0 Å². The molecule has 31 heavy (non-hydrogen) atoms. The molecule has 0 aromatic heterocycles. The van der Waals surface area contributed by atoms with E-state index in [2.05, 4.69) is 20.9 Å². The summed E-state index contributed by atoms with van der Waals surface area (Å²) in [6.07, 6.45) is 0. The molecule has 1 aliphatic heterocycles. The zero-order chi connectivity index (χ0) is 21.3. The SMILES string of the molecule is CN=C(NCc1ccc(C(=O)N2CCNC(=O)C2)cc1)NCc1ccccc1OC.I. The zero-order valence-corrected chi connectivity index (χ0v) is 20.0. The van der Waals surface area contributed by atoms with Gasteiger partial charge >= 0.3 is 0 Å². The third-order valence-electron chi connectivity index (χ3n) is 4.85. The maximum atomic E-state index is 12.5. The number of carbonyl (C=O) groups is 2. The van der Waals surface area contributed by atoms with Gasteiger partial charge in [0.15, 0.2) is 5.96 Å². The lowest BCUT2D eigenvalue weighted by atomic mass is 10.1. The Labute approximate surface area is 199 Å². The summed E-state index contributed by atoms with van der Waals surface area (Å²) in [7, 11) is 3.37. The lowest BCUT2D eigenvalue weighted by Crippen LogP contribution is -2.49. The first-order valence-corrected chi connectivity index (χ1v) is 9.82. The van der Waals surface area contributed by atoms with Gasteiger partial charge in [-0.3, -0.25) is 14.6 Å². The van der Waals surface area contributed by atoms with Crippen molar-refractivity contribution in [2.24, 2.45) is 4.99 Å². The number of methoxy groups -OCH3 is 1. The largest absolute Gasteiger partial charge is 0.496 e. The van der Waals surface area contributed by atoms with Crippen molar-refractivity contribution in [3.63, 3.8) is 0 Å². The molecule has 0 radical (unpaired) electrons. The third-order valence-corrected chi connectivity index (χ3v) is 4.85. The topological polar surface area (TPSA) is 95.1 Å². The molecule has 2 aromatic rings. The average molecular weight is 537 g/mol. The molecule has 3 N–H and O–H groups in total. The van der Waals surface area contributed by atoms with Crippen LogP contribution in [-0.4, -0.2) is 56.5 Å². The van der Waals surface area contributed by atoms with Crippen molar-refractivity contribution >= 4 is 41.8 Å². The van der Waals surface area contributed by atoms with E-state index in [0.29, 0.717) is 37.7 Å². The molecular formula is C22H28IN5O3. The number of aliphatic imine (C=N–C) groups is 1. The molecule has 3 rings (SSSR count). The van der Waals surface area contributed by atoms with Crippen molar-refractivity contribution in [2.45, 2.75) is 13.1 Å². The minimum Gasteiger partial charge on any atom is -0.496 e. The van der Waals surface area contributed by atoms with E-state index in [1.165, 1.54) is 0 Å². The van der Waals surface area contributed by atoms with Crippen LogP contribution >= 0.6 is 24.0 Å². The molecule has 1 aliphatic rings. The molecule has 2 aromatic carbocycles. The fourth-order valence-electron chi connectivity index (χ4n) is 3.19. The van der Waals surface area contributed by atoms with Gasteiger partial charge in [-0.1, -0.05) is 30.3 Å². The number of nitrogens with zero attached hydrogens (tertiary/aromatic N) is 2. The Morgan fingerprint density at radius 1 is 1.13 bits per heavy atom. The number of carbonyl (C=O) groups excluding carboxylic acids is 2. The van der Waals surface area contributed by atoms with E-state index >= 15 is 0 Å². The molecule has 9 heteroatoms. The van der Waals surface area contributed by atoms with E-state index in [4.69, 9.17) is 4.74 Å². The molecule has 0 aliphatic carbocycles. The molecule has 0 unspecified atom stereocenters. The highest BCUT2D eigenvalue weighted by Crippen LogP contribution is 2.16. The Hall–Kier alpha value is -2.82. The first-order valence-electron chi connectivity index (χ1n) is 9.82. The van der Waals surface area contributed by atoms with Gasteiger partial charge < -0.3 is 25.6 Å². The Morgan fingerprint density at radius 3 is 2.52 bits per heavy atom. The Kier molecular flexibility index (Phi) is 9.57. The maximum Gasteiger partial charge on any atom is 0.254 e. The normalized spacial score (nSPS) is 13.7. The summed E-state index contributed by atoms with van der Waals surface area (Å²) in [5, 5.41) is 9.25. The number of benzene rings is 2. The first kappa shape index (κ1) is 24.4. The van der Waals surface area contributed by atoms with E-state index in [0.717, 1.165) is 16.9 Å². The maximum absolute atomic E-state index is 12.5. The summed E-state index contributed by atoms with van der Waals surface area (Å²) in [6.45, 7) is 2.28. The lowest BCUT2D eigenvalue weighted by Gasteiger charge is -2.26. The van der Waals surface area contributed by atoms with E-state index in [1.807, 2.05) is 36.4 Å². The summed E-state index contributed by atoms with van der Waals surface area (Å²) in [4.78, 5) is 29.8. The van der Waals surface area contributed by atoms with Crippen molar-refractivity contribution in [1.82, 2.24) is 20.9 Å². The fourth-order valence-corrected chi connectivity index (χ4v) is 3.19. The van der Waals surface area contributed by atoms with Crippen molar-refractivity contribution in [3.8, 4) is 5.75 Å². The number of para-hydroxylation sites is 1. The van der Waals surface area contributed by atoms with E-state index in [9.17, 15) is 9.59 Å². The molecule has 0 spiro atoms. The smallest absolute Gasteiger partial charge is 0.254 e. The lowest BCUT2D eigenvalue weighted by molar-refractivity contribution is -0.123. The number of piperazine rings is 1. The summed E-state index contributed by atoms with van der Waals surface area (Å²) >= 11 is 0. The minimum atomic E-state index is -0.126. The predicted molar refractivity (Wildman–Crippen MR) is 131 cm³/mol. The highest BCUT2D eigenvalue weighted by Gasteiger charge is 2.22. The van der Waals surface area contributed by atoms with Crippen molar-refractivity contribution < 1.29 is 14.3 Å². The number of nitrogens with one attached hydrogen (secondary N) is 3. The van der Waals surface area contributed by atoms with Gasteiger partial charge in [-0.15, -0.1) is 24.0 Å². The molecule has 1 heterocycles. The highest BCUT2D eigenvalue weighted by molar-refractivity contribution is 14.0. The summed E-state index contributed by atoms with van der Waals surface area (Å²) < 4.78 is 5.37. The zero-order valence-electron chi connectivity index (χ0n) is 17.7. The molecule has 166 valence electrons. The molecule has 1 fully saturated rings. The molecule has 1 saturated heterocycles. The second-order valence-corrected chi connectivity index (χ2v) is 6.86. The molecule has 0 bridgehead atoms. The number of ether oxygens (including phenoxy) is 1. The van der Waals surface area contributed by atoms with Crippen LogP contribution in [0.5, 0.6) is 5.75 Å². The number of guanidine groups is 1. The predicted octanol–water partition coefficient (Wildman–Crippen LogP) is 1.75. The van der Waals surface area contributed by atoms with Gasteiger partial charge in [0.25, 0.3) is 5.91 Å². The monoisotopic (exact) mass is 537 g/mol. The molecule has 8 nitrogen and oxygen atoms in total. The van der Waals surface area contributed by atoms with Crippen LogP contribution in [0.1, 0.15) is 21.5 Å². The van der Waals surface area contributed by atoms with E-state index in [-0.39, 0.29) is 42.3 Å². The highest BCUT2D eigenvalue weighted by atomic mass is 127. The Morgan fingerprint density at radius 2 is 1.84 bits per heavy atom. The molecule has 0 atom stereocenters. The van der Waals surface area contributed by atoms with E-state index in [1.54, 1.807) is 31.2 Å². The van der Waals surface area contributed by atoms with Crippen LogP contribution in [0.4, 0.5) is 0 Å². The number of halogens is 1.